The number of β-amino-alcohol motifs (C(OH)–C–C–N with tert-alkyl or cyclic N) is 1. The molecule has 0 unspecified atom stereocenters. The average Bonchev–Trinajstić information content (AvgIpc) is 3.42. The summed E-state index contributed by atoms with van der Waals surface area (Å²) >= 11 is 0. The van der Waals surface area contributed by atoms with E-state index in [0.29, 0.717) is 19.1 Å². The van der Waals surface area contributed by atoms with Crippen LogP contribution in [-0.4, -0.2) is 78.1 Å². The summed E-state index contributed by atoms with van der Waals surface area (Å²) in [6, 6.07) is 10.2. The Kier molecular flexibility index (Phi) is 6.10. The van der Waals surface area contributed by atoms with Crippen molar-refractivity contribution in [3.05, 3.63) is 35.9 Å². The van der Waals surface area contributed by atoms with E-state index in [1.54, 1.807) is 0 Å². The van der Waals surface area contributed by atoms with E-state index in [1.165, 1.54) is 12.8 Å². The van der Waals surface area contributed by atoms with E-state index in [2.05, 4.69) is 16.7 Å². The molecule has 0 radical (unpaired) electrons. The molecule has 5 heteroatoms. The van der Waals surface area contributed by atoms with Gasteiger partial charge in [0.15, 0.2) is 0 Å². The topological polar surface area (TPSA) is 47.0 Å². The van der Waals surface area contributed by atoms with Crippen molar-refractivity contribution in [3.8, 4) is 0 Å². The maximum Gasteiger partial charge on any atom is 0.236 e. The second-order valence-electron chi connectivity index (χ2n) is 7.72. The van der Waals surface area contributed by atoms with Gasteiger partial charge >= 0.3 is 0 Å². The second kappa shape index (κ2) is 8.30. The predicted octanol–water partition coefficient (Wildman–Crippen LogP) is 1.59. The summed E-state index contributed by atoms with van der Waals surface area (Å²) in [5.74, 6) is 0.973. The average molecular weight is 345 g/mol. The van der Waals surface area contributed by atoms with Crippen molar-refractivity contribution in [1.29, 1.82) is 0 Å². The van der Waals surface area contributed by atoms with E-state index < -0.39 is 6.10 Å². The van der Waals surface area contributed by atoms with E-state index in [9.17, 15) is 9.90 Å². The molecule has 138 valence electrons. The standard InChI is InChI=1S/C20H31N3O2/c1-16-12-22(15-20(25)21(2)13-17-8-9-17)10-11-23(16)14-19(24)18-6-4-3-5-7-18/h3-7,16-17,19,24H,8-15H2,1-2H3/t16-,19-/m0/s1. The summed E-state index contributed by atoms with van der Waals surface area (Å²) in [6.45, 7) is 6.92. The van der Waals surface area contributed by atoms with Gasteiger partial charge in [-0.2, -0.15) is 0 Å². The first-order chi connectivity index (χ1) is 12.0. The van der Waals surface area contributed by atoms with Crippen LogP contribution in [-0.2, 0) is 4.79 Å². The molecule has 3 rings (SSSR count). The molecular formula is C20H31N3O2. The maximum atomic E-state index is 12.4. The summed E-state index contributed by atoms with van der Waals surface area (Å²) < 4.78 is 0. The van der Waals surface area contributed by atoms with Crippen LogP contribution in [0.25, 0.3) is 0 Å². The zero-order chi connectivity index (χ0) is 17.8. The molecule has 0 spiro atoms. The molecule has 1 saturated heterocycles. The highest BCUT2D eigenvalue weighted by molar-refractivity contribution is 5.78. The van der Waals surface area contributed by atoms with Crippen molar-refractivity contribution in [2.75, 3.05) is 46.3 Å². The molecule has 2 atom stereocenters. The molecule has 1 saturated carbocycles. The lowest BCUT2D eigenvalue weighted by Gasteiger charge is -2.40. The molecule has 1 aliphatic carbocycles. The highest BCUT2D eigenvalue weighted by atomic mass is 16.3. The number of nitrogens with zero attached hydrogens (tertiary/aromatic N) is 3. The fourth-order valence-corrected chi connectivity index (χ4v) is 3.59. The second-order valence-corrected chi connectivity index (χ2v) is 7.72. The Labute approximate surface area is 151 Å². The number of carbonyl (C=O) groups excluding carboxylic acids is 1. The molecule has 2 fully saturated rings. The molecule has 1 N–H and O–H groups in total. The molecule has 1 aromatic carbocycles. The van der Waals surface area contributed by atoms with E-state index in [-0.39, 0.29) is 5.91 Å². The Morgan fingerprint density at radius 2 is 2.00 bits per heavy atom. The van der Waals surface area contributed by atoms with Gasteiger partial charge in [-0.1, -0.05) is 30.3 Å². The maximum absolute atomic E-state index is 12.4. The normalized spacial score (nSPS) is 23.4. The summed E-state index contributed by atoms with van der Waals surface area (Å²) in [7, 11) is 1.93. The van der Waals surface area contributed by atoms with Crippen molar-refractivity contribution in [1.82, 2.24) is 14.7 Å². The number of aliphatic hydroxyl groups excluding tert-OH is 1. The minimum atomic E-state index is -0.457. The number of amides is 1. The Hall–Kier alpha value is -1.43. The first-order valence-corrected chi connectivity index (χ1v) is 9.46. The number of rotatable bonds is 7. The van der Waals surface area contributed by atoms with Crippen LogP contribution in [0.2, 0.25) is 0 Å². The van der Waals surface area contributed by atoms with Crippen LogP contribution in [0.3, 0.4) is 0 Å². The highest BCUT2D eigenvalue weighted by Gasteiger charge is 2.29. The molecule has 2 aliphatic rings. The van der Waals surface area contributed by atoms with Crippen molar-refractivity contribution < 1.29 is 9.90 Å². The summed E-state index contributed by atoms with van der Waals surface area (Å²) in [5.41, 5.74) is 0.967. The van der Waals surface area contributed by atoms with E-state index in [0.717, 1.165) is 37.7 Å². The van der Waals surface area contributed by atoms with E-state index in [4.69, 9.17) is 0 Å². The minimum absolute atomic E-state index is 0.233. The van der Waals surface area contributed by atoms with Crippen molar-refractivity contribution >= 4 is 5.91 Å². The summed E-state index contributed by atoms with van der Waals surface area (Å²) in [4.78, 5) is 18.8. The molecule has 25 heavy (non-hydrogen) atoms. The Bertz CT molecular complexity index is 561. The first kappa shape index (κ1) is 18.4. The van der Waals surface area contributed by atoms with Crippen molar-refractivity contribution in [3.63, 3.8) is 0 Å². The summed E-state index contributed by atoms with van der Waals surface area (Å²) in [6.07, 6.45) is 2.09. The van der Waals surface area contributed by atoms with Crippen LogP contribution < -0.4 is 0 Å². The number of aliphatic hydroxyl groups is 1. The van der Waals surface area contributed by atoms with Crippen molar-refractivity contribution in [2.24, 2.45) is 5.92 Å². The summed E-state index contributed by atoms with van der Waals surface area (Å²) in [5, 5.41) is 10.4. The number of hydrogen-bond donors (Lipinski definition) is 1. The lowest BCUT2D eigenvalue weighted by molar-refractivity contribution is -0.132. The predicted molar refractivity (Wildman–Crippen MR) is 99.2 cm³/mol. The third-order valence-electron chi connectivity index (χ3n) is 5.45. The largest absolute Gasteiger partial charge is 0.387 e. The van der Waals surface area contributed by atoms with Gasteiger partial charge in [-0.3, -0.25) is 14.6 Å². The van der Waals surface area contributed by atoms with Crippen LogP contribution in [0.15, 0.2) is 30.3 Å². The molecule has 1 aliphatic heterocycles. The van der Waals surface area contributed by atoms with Gasteiger partial charge in [0.05, 0.1) is 12.6 Å². The van der Waals surface area contributed by atoms with Gasteiger partial charge in [-0.25, -0.2) is 0 Å². The fourth-order valence-electron chi connectivity index (χ4n) is 3.59. The number of likely N-dealkylation sites (N-methyl/N-ethyl adjacent to an activating group) is 1. The third kappa shape index (κ3) is 5.27. The smallest absolute Gasteiger partial charge is 0.236 e. The van der Waals surface area contributed by atoms with Crippen LogP contribution in [0, 0.1) is 5.92 Å². The Balaban J connectivity index is 1.44. The monoisotopic (exact) mass is 345 g/mol. The van der Waals surface area contributed by atoms with Crippen LogP contribution in [0.1, 0.15) is 31.4 Å². The highest BCUT2D eigenvalue weighted by Crippen LogP contribution is 2.29. The zero-order valence-electron chi connectivity index (χ0n) is 15.5. The Morgan fingerprint density at radius 1 is 1.28 bits per heavy atom. The van der Waals surface area contributed by atoms with E-state index >= 15 is 0 Å². The molecule has 1 amide bonds. The lowest BCUT2D eigenvalue weighted by Crippen LogP contribution is -2.54. The minimum Gasteiger partial charge on any atom is -0.387 e. The Morgan fingerprint density at radius 3 is 2.64 bits per heavy atom. The lowest BCUT2D eigenvalue weighted by atomic mass is 10.1. The van der Waals surface area contributed by atoms with Gasteiger partial charge in [0, 0.05) is 45.8 Å². The van der Waals surface area contributed by atoms with Crippen LogP contribution in [0.5, 0.6) is 0 Å². The van der Waals surface area contributed by atoms with Gasteiger partial charge < -0.3 is 10.0 Å². The molecule has 0 bridgehead atoms. The number of carbonyl (C=O) groups is 1. The molecule has 5 nitrogen and oxygen atoms in total. The molecule has 1 heterocycles. The van der Waals surface area contributed by atoms with Gasteiger partial charge in [0.1, 0.15) is 0 Å². The molecular weight excluding hydrogens is 314 g/mol. The first-order valence-electron chi connectivity index (χ1n) is 9.46. The number of piperazine rings is 1. The van der Waals surface area contributed by atoms with Gasteiger partial charge in [0.25, 0.3) is 0 Å². The van der Waals surface area contributed by atoms with E-state index in [1.807, 2.05) is 42.3 Å². The molecule has 1 aromatic rings. The van der Waals surface area contributed by atoms with Gasteiger partial charge in [-0.05, 0) is 31.2 Å². The van der Waals surface area contributed by atoms with Crippen LogP contribution >= 0.6 is 0 Å². The SMILES string of the molecule is C[C@H]1CN(CC(=O)N(C)CC2CC2)CCN1C[C@H](O)c1ccccc1. The van der Waals surface area contributed by atoms with Crippen molar-refractivity contribution in [2.45, 2.75) is 31.9 Å². The zero-order valence-corrected chi connectivity index (χ0v) is 15.5. The number of hydrogen-bond acceptors (Lipinski definition) is 4. The van der Waals surface area contributed by atoms with Crippen LogP contribution in [0.4, 0.5) is 0 Å². The quantitative estimate of drug-likeness (QED) is 0.815. The fraction of sp³-hybridized carbons (Fsp3) is 0.650. The molecule has 0 aromatic heterocycles. The van der Waals surface area contributed by atoms with Gasteiger partial charge in [-0.15, -0.1) is 0 Å². The van der Waals surface area contributed by atoms with Gasteiger partial charge in [0.2, 0.25) is 5.91 Å². The third-order valence-corrected chi connectivity index (χ3v) is 5.45. The number of benzene rings is 1.